The molecule has 0 heterocycles. The molecule has 0 aliphatic heterocycles. The van der Waals surface area contributed by atoms with Crippen LogP contribution < -0.4 is 5.73 Å². The zero-order chi connectivity index (χ0) is 12.6. The molecule has 0 saturated heterocycles. The quantitative estimate of drug-likeness (QED) is 0.644. The Bertz CT molecular complexity index is 199. The lowest BCUT2D eigenvalue weighted by atomic mass is 9.92. The van der Waals surface area contributed by atoms with Crippen molar-refractivity contribution in [2.45, 2.75) is 13.8 Å². The minimum absolute atomic E-state index is 0.0455. The summed E-state index contributed by atoms with van der Waals surface area (Å²) in [5.74, 6) is 0.0455. The van der Waals surface area contributed by atoms with Gasteiger partial charge in [0.25, 0.3) is 0 Å². The van der Waals surface area contributed by atoms with Gasteiger partial charge in [0.15, 0.2) is 0 Å². The Labute approximate surface area is 97.9 Å². The number of methoxy groups -OCH3 is 2. The molecule has 0 bridgehead atoms. The summed E-state index contributed by atoms with van der Waals surface area (Å²) in [7, 11) is 3.24. The largest absolute Gasteiger partial charge is 0.383 e. The van der Waals surface area contributed by atoms with E-state index in [1.165, 1.54) is 0 Å². The molecule has 0 aliphatic carbocycles. The van der Waals surface area contributed by atoms with Crippen LogP contribution in [0.25, 0.3) is 0 Å². The van der Waals surface area contributed by atoms with Crippen LogP contribution in [0.4, 0.5) is 0 Å². The third kappa shape index (κ3) is 4.92. The maximum Gasteiger partial charge on any atom is 0.229 e. The molecule has 0 unspecified atom stereocenters. The fourth-order valence-corrected chi connectivity index (χ4v) is 1.23. The molecule has 0 radical (unpaired) electrons. The SMILES string of the molecule is COCCN(CCOC)C(=O)C(C)(C)CN. The van der Waals surface area contributed by atoms with E-state index in [1.807, 2.05) is 13.8 Å². The van der Waals surface area contributed by atoms with Crippen LogP contribution >= 0.6 is 0 Å². The van der Waals surface area contributed by atoms with Gasteiger partial charge in [-0.25, -0.2) is 0 Å². The van der Waals surface area contributed by atoms with Crippen molar-refractivity contribution in [3.05, 3.63) is 0 Å². The third-order valence-electron chi connectivity index (χ3n) is 2.51. The summed E-state index contributed by atoms with van der Waals surface area (Å²) in [5.41, 5.74) is 5.07. The number of nitrogens with zero attached hydrogens (tertiary/aromatic N) is 1. The Morgan fingerprint density at radius 1 is 1.19 bits per heavy atom. The Morgan fingerprint density at radius 2 is 1.62 bits per heavy atom. The monoisotopic (exact) mass is 232 g/mol. The third-order valence-corrected chi connectivity index (χ3v) is 2.51. The summed E-state index contributed by atoms with van der Waals surface area (Å²) in [5, 5.41) is 0. The van der Waals surface area contributed by atoms with Crippen molar-refractivity contribution >= 4 is 5.91 Å². The second kappa shape index (κ2) is 7.60. The van der Waals surface area contributed by atoms with Crippen LogP contribution in [0.2, 0.25) is 0 Å². The van der Waals surface area contributed by atoms with Gasteiger partial charge < -0.3 is 20.1 Å². The number of carbonyl (C=O) groups is 1. The second-order valence-corrected chi connectivity index (χ2v) is 4.37. The summed E-state index contributed by atoms with van der Waals surface area (Å²) < 4.78 is 9.97. The Kier molecular flexibility index (Phi) is 7.29. The van der Waals surface area contributed by atoms with E-state index in [1.54, 1.807) is 19.1 Å². The zero-order valence-corrected chi connectivity index (χ0v) is 10.8. The standard InChI is InChI=1S/C11H24N2O3/c1-11(2,9-12)10(14)13(5-7-15-3)6-8-16-4/h5-9,12H2,1-4H3. The van der Waals surface area contributed by atoms with Crippen LogP contribution in [0.3, 0.4) is 0 Å². The summed E-state index contributed by atoms with van der Waals surface area (Å²) in [6, 6.07) is 0. The summed E-state index contributed by atoms with van der Waals surface area (Å²) in [4.78, 5) is 13.9. The molecule has 0 aromatic carbocycles. The average molecular weight is 232 g/mol. The van der Waals surface area contributed by atoms with Crippen LogP contribution in [-0.2, 0) is 14.3 Å². The second-order valence-electron chi connectivity index (χ2n) is 4.37. The van der Waals surface area contributed by atoms with E-state index in [-0.39, 0.29) is 5.91 Å². The molecule has 0 aromatic rings. The molecule has 0 rings (SSSR count). The highest BCUT2D eigenvalue weighted by Gasteiger charge is 2.30. The molecular weight excluding hydrogens is 208 g/mol. The summed E-state index contributed by atoms with van der Waals surface area (Å²) in [6.07, 6.45) is 0. The first-order valence-corrected chi connectivity index (χ1v) is 5.47. The molecule has 16 heavy (non-hydrogen) atoms. The molecule has 1 amide bonds. The molecule has 0 aliphatic rings. The maximum atomic E-state index is 12.1. The first-order chi connectivity index (χ1) is 7.49. The molecule has 0 aromatic heterocycles. The Morgan fingerprint density at radius 3 is 1.94 bits per heavy atom. The lowest BCUT2D eigenvalue weighted by Gasteiger charge is -2.30. The minimum Gasteiger partial charge on any atom is -0.383 e. The number of rotatable bonds is 8. The predicted molar refractivity (Wildman–Crippen MR) is 63.2 cm³/mol. The van der Waals surface area contributed by atoms with Gasteiger partial charge in [-0.05, 0) is 13.8 Å². The number of amides is 1. The maximum absolute atomic E-state index is 12.1. The van der Waals surface area contributed by atoms with Crippen molar-refractivity contribution < 1.29 is 14.3 Å². The van der Waals surface area contributed by atoms with Crippen LogP contribution in [0.15, 0.2) is 0 Å². The topological polar surface area (TPSA) is 64.8 Å². The molecule has 0 saturated carbocycles. The highest BCUT2D eigenvalue weighted by molar-refractivity contribution is 5.82. The van der Waals surface area contributed by atoms with E-state index < -0.39 is 5.41 Å². The molecule has 5 nitrogen and oxygen atoms in total. The van der Waals surface area contributed by atoms with Crippen LogP contribution in [-0.4, -0.2) is 57.9 Å². The van der Waals surface area contributed by atoms with Crippen molar-refractivity contribution in [1.82, 2.24) is 4.90 Å². The first-order valence-electron chi connectivity index (χ1n) is 5.47. The lowest BCUT2D eigenvalue weighted by Crippen LogP contribution is -2.47. The lowest BCUT2D eigenvalue weighted by molar-refractivity contribution is -0.141. The van der Waals surface area contributed by atoms with Crippen molar-refractivity contribution in [1.29, 1.82) is 0 Å². The molecule has 0 atom stereocenters. The van der Waals surface area contributed by atoms with E-state index in [0.717, 1.165) is 0 Å². The van der Waals surface area contributed by atoms with Gasteiger partial charge in [-0.1, -0.05) is 0 Å². The molecule has 0 fully saturated rings. The highest BCUT2D eigenvalue weighted by Crippen LogP contribution is 2.16. The summed E-state index contributed by atoms with van der Waals surface area (Å²) >= 11 is 0. The average Bonchev–Trinajstić information content (AvgIpc) is 2.28. The number of carbonyl (C=O) groups excluding carboxylic acids is 1. The van der Waals surface area contributed by atoms with E-state index in [0.29, 0.717) is 32.8 Å². The van der Waals surface area contributed by atoms with Gasteiger partial charge in [-0.3, -0.25) is 4.79 Å². The molecule has 5 heteroatoms. The van der Waals surface area contributed by atoms with E-state index in [4.69, 9.17) is 15.2 Å². The van der Waals surface area contributed by atoms with Gasteiger partial charge in [-0.2, -0.15) is 0 Å². The zero-order valence-electron chi connectivity index (χ0n) is 10.8. The van der Waals surface area contributed by atoms with Crippen LogP contribution in [0.5, 0.6) is 0 Å². The summed E-state index contributed by atoms with van der Waals surface area (Å²) in [6.45, 7) is 6.22. The normalized spacial score (nSPS) is 11.6. The molecule has 2 N–H and O–H groups in total. The molecular formula is C11H24N2O3. The molecule has 96 valence electrons. The van der Waals surface area contributed by atoms with E-state index in [9.17, 15) is 4.79 Å². The smallest absolute Gasteiger partial charge is 0.229 e. The number of ether oxygens (including phenoxy) is 2. The number of nitrogens with two attached hydrogens (primary N) is 1. The van der Waals surface area contributed by atoms with E-state index >= 15 is 0 Å². The van der Waals surface area contributed by atoms with Gasteiger partial charge in [0.1, 0.15) is 0 Å². The highest BCUT2D eigenvalue weighted by atomic mass is 16.5. The van der Waals surface area contributed by atoms with Crippen LogP contribution in [0.1, 0.15) is 13.8 Å². The predicted octanol–water partition coefficient (Wildman–Crippen LogP) is 0.0927. The Balaban J connectivity index is 4.42. The molecule has 0 spiro atoms. The van der Waals surface area contributed by atoms with Gasteiger partial charge in [0.2, 0.25) is 5.91 Å². The van der Waals surface area contributed by atoms with Crippen molar-refractivity contribution in [3.8, 4) is 0 Å². The van der Waals surface area contributed by atoms with Crippen molar-refractivity contribution in [3.63, 3.8) is 0 Å². The first kappa shape index (κ1) is 15.3. The minimum atomic E-state index is -0.526. The fraction of sp³-hybridized carbons (Fsp3) is 0.909. The van der Waals surface area contributed by atoms with Crippen molar-refractivity contribution in [2.24, 2.45) is 11.1 Å². The van der Waals surface area contributed by atoms with Gasteiger partial charge >= 0.3 is 0 Å². The van der Waals surface area contributed by atoms with Gasteiger partial charge in [0.05, 0.1) is 18.6 Å². The van der Waals surface area contributed by atoms with Gasteiger partial charge in [0, 0.05) is 33.9 Å². The van der Waals surface area contributed by atoms with Gasteiger partial charge in [-0.15, -0.1) is 0 Å². The van der Waals surface area contributed by atoms with Crippen LogP contribution in [0, 0.1) is 5.41 Å². The number of hydrogen-bond donors (Lipinski definition) is 1. The number of hydrogen-bond acceptors (Lipinski definition) is 4. The fourth-order valence-electron chi connectivity index (χ4n) is 1.23. The Hall–Kier alpha value is -0.650. The van der Waals surface area contributed by atoms with Crippen molar-refractivity contribution in [2.75, 3.05) is 47.1 Å². The van der Waals surface area contributed by atoms with E-state index in [2.05, 4.69) is 0 Å².